The van der Waals surface area contributed by atoms with Crippen molar-refractivity contribution in [3.8, 4) is 17.2 Å². The van der Waals surface area contributed by atoms with Crippen LogP contribution in [0, 0.1) is 12.3 Å². The Morgan fingerprint density at radius 3 is 2.60 bits per heavy atom. The number of carbonyl (C=O) groups excluding carboxylic acids is 1. The van der Waals surface area contributed by atoms with Crippen molar-refractivity contribution >= 4 is 39.8 Å². The molecule has 1 amide bonds. The molecule has 0 spiro atoms. The van der Waals surface area contributed by atoms with Crippen molar-refractivity contribution < 1.29 is 19.0 Å². The maximum Gasteiger partial charge on any atom is 0.283 e. The zero-order chi connectivity index (χ0) is 24.9. The molecule has 0 saturated carbocycles. The zero-order valence-corrected chi connectivity index (χ0v) is 21.1. The van der Waals surface area contributed by atoms with Gasteiger partial charge in [-0.3, -0.25) is 10.2 Å². The summed E-state index contributed by atoms with van der Waals surface area (Å²) in [5.41, 5.74) is 3.26. The van der Waals surface area contributed by atoms with Crippen LogP contribution < -0.4 is 14.2 Å². The Bertz CT molecular complexity index is 1250. The molecule has 2 aromatic carbocycles. The molecule has 0 radical (unpaired) electrons. The van der Waals surface area contributed by atoms with Crippen LogP contribution in [0.25, 0.3) is 6.08 Å². The van der Waals surface area contributed by atoms with E-state index in [1.165, 1.54) is 27.9 Å². The third kappa shape index (κ3) is 5.57. The Labute approximate surface area is 209 Å². The van der Waals surface area contributed by atoms with Crippen LogP contribution in [0.1, 0.15) is 37.0 Å². The molecule has 1 N–H and O–H groups in total. The Morgan fingerprint density at radius 2 is 1.86 bits per heavy atom. The summed E-state index contributed by atoms with van der Waals surface area (Å²) in [5, 5.41) is 15.5. The van der Waals surface area contributed by atoms with Crippen molar-refractivity contribution in [1.29, 1.82) is 5.41 Å². The Kier molecular flexibility index (Phi) is 7.55. The molecule has 0 fully saturated rings. The molecule has 2 aliphatic heterocycles. The van der Waals surface area contributed by atoms with Crippen LogP contribution in [-0.4, -0.2) is 47.3 Å². The van der Waals surface area contributed by atoms with Crippen molar-refractivity contribution in [3.63, 3.8) is 0 Å². The Balaban J connectivity index is 1.43. The van der Waals surface area contributed by atoms with Gasteiger partial charge >= 0.3 is 0 Å². The number of rotatable bonds is 9. The Morgan fingerprint density at radius 1 is 1.06 bits per heavy atom. The average Bonchev–Trinajstić information content (AvgIpc) is 3.27. The van der Waals surface area contributed by atoms with Crippen molar-refractivity contribution in [2.75, 3.05) is 20.3 Å². The van der Waals surface area contributed by atoms with Crippen LogP contribution in [0.2, 0.25) is 0 Å². The van der Waals surface area contributed by atoms with Gasteiger partial charge in [-0.1, -0.05) is 26.0 Å². The SMILES string of the molecule is CCC1=NN2C(=N)C(=Cc3ccc(OCCOc4cc(C)cc(CC)c4)c(OC)c3)C(=O)N=C2S1. The topological polar surface area (TPSA) is 96.6 Å². The molecule has 2 heterocycles. The average molecular weight is 493 g/mol. The second-order valence-electron chi connectivity index (χ2n) is 7.98. The van der Waals surface area contributed by atoms with Crippen molar-refractivity contribution in [1.82, 2.24) is 5.01 Å². The molecule has 0 aromatic heterocycles. The highest BCUT2D eigenvalue weighted by Crippen LogP contribution is 2.32. The van der Waals surface area contributed by atoms with Crippen molar-refractivity contribution in [3.05, 3.63) is 58.7 Å². The molecule has 0 aliphatic carbocycles. The largest absolute Gasteiger partial charge is 0.493 e. The van der Waals surface area contributed by atoms with Gasteiger partial charge in [0.15, 0.2) is 17.3 Å². The number of hydrogen-bond donors (Lipinski definition) is 1. The van der Waals surface area contributed by atoms with Crippen LogP contribution in [0.15, 0.2) is 52.1 Å². The van der Waals surface area contributed by atoms with E-state index in [1.54, 1.807) is 31.4 Å². The lowest BCUT2D eigenvalue weighted by atomic mass is 10.1. The van der Waals surface area contributed by atoms with E-state index in [1.807, 2.05) is 19.1 Å². The molecule has 8 nitrogen and oxygen atoms in total. The normalized spacial score (nSPS) is 16.2. The van der Waals surface area contributed by atoms with Gasteiger partial charge in [0.05, 0.1) is 12.7 Å². The predicted molar refractivity (Wildman–Crippen MR) is 140 cm³/mol. The fraction of sp³-hybridized carbons (Fsp3) is 0.308. The summed E-state index contributed by atoms with van der Waals surface area (Å²) in [4.78, 5) is 16.7. The number of amidine groups is 2. The fourth-order valence-electron chi connectivity index (χ4n) is 3.66. The van der Waals surface area contributed by atoms with E-state index in [0.29, 0.717) is 35.4 Å². The highest BCUT2D eigenvalue weighted by molar-refractivity contribution is 8.26. The first-order chi connectivity index (χ1) is 16.9. The summed E-state index contributed by atoms with van der Waals surface area (Å²) in [6.07, 6.45) is 3.29. The second-order valence-corrected chi connectivity index (χ2v) is 9.02. The van der Waals surface area contributed by atoms with Gasteiger partial charge in [-0.25, -0.2) is 0 Å². The van der Waals surface area contributed by atoms with Gasteiger partial charge in [-0.2, -0.15) is 15.1 Å². The zero-order valence-electron chi connectivity index (χ0n) is 20.3. The molecule has 2 aliphatic rings. The van der Waals surface area contributed by atoms with E-state index in [9.17, 15) is 4.79 Å². The van der Waals surface area contributed by atoms with Gasteiger partial charge in [-0.15, -0.1) is 0 Å². The molecule has 0 atom stereocenters. The van der Waals surface area contributed by atoms with Gasteiger partial charge in [0.2, 0.25) is 5.17 Å². The molecule has 4 rings (SSSR count). The summed E-state index contributed by atoms with van der Waals surface area (Å²) in [5.74, 6) is 1.46. The fourth-order valence-corrected chi connectivity index (χ4v) is 4.48. The molecule has 9 heteroatoms. The molecular formula is C26H28N4O4S. The lowest BCUT2D eigenvalue weighted by Crippen LogP contribution is -2.35. The third-order valence-electron chi connectivity index (χ3n) is 5.43. The summed E-state index contributed by atoms with van der Waals surface area (Å²) in [7, 11) is 1.56. The number of aliphatic imine (C=N–C) groups is 1. The van der Waals surface area contributed by atoms with Gasteiger partial charge in [0, 0.05) is 0 Å². The van der Waals surface area contributed by atoms with E-state index in [4.69, 9.17) is 19.6 Å². The molecule has 182 valence electrons. The minimum Gasteiger partial charge on any atom is -0.493 e. The van der Waals surface area contributed by atoms with Crippen molar-refractivity contribution in [2.45, 2.75) is 33.6 Å². The smallest absolute Gasteiger partial charge is 0.283 e. The number of ether oxygens (including phenoxy) is 3. The van der Waals surface area contributed by atoms with Crippen LogP contribution in [-0.2, 0) is 11.2 Å². The maximum absolute atomic E-state index is 12.6. The summed E-state index contributed by atoms with van der Waals surface area (Å²) in [6.45, 7) is 6.88. The maximum atomic E-state index is 12.6. The van der Waals surface area contributed by atoms with Crippen molar-refractivity contribution in [2.24, 2.45) is 10.1 Å². The van der Waals surface area contributed by atoms with Gasteiger partial charge in [0.25, 0.3) is 5.91 Å². The lowest BCUT2D eigenvalue weighted by Gasteiger charge is -2.20. The van der Waals surface area contributed by atoms with E-state index in [2.05, 4.69) is 30.0 Å². The van der Waals surface area contributed by atoms with Crippen LogP contribution in [0.5, 0.6) is 17.2 Å². The Hall–Kier alpha value is -3.59. The summed E-state index contributed by atoms with van der Waals surface area (Å²) in [6, 6.07) is 11.5. The van der Waals surface area contributed by atoms with Gasteiger partial charge < -0.3 is 14.2 Å². The van der Waals surface area contributed by atoms with Crippen LogP contribution in [0.3, 0.4) is 0 Å². The highest BCUT2D eigenvalue weighted by atomic mass is 32.2. The molecule has 2 aromatic rings. The number of benzene rings is 2. The number of hydrazone groups is 1. The van der Waals surface area contributed by atoms with E-state index in [-0.39, 0.29) is 11.4 Å². The first-order valence-electron chi connectivity index (χ1n) is 11.4. The number of amides is 1. The minimum atomic E-state index is -0.458. The van der Waals surface area contributed by atoms with Crippen LogP contribution >= 0.6 is 11.8 Å². The van der Waals surface area contributed by atoms with Gasteiger partial charge in [-0.05, 0) is 78.6 Å². The molecule has 0 bridgehead atoms. The number of aryl methyl sites for hydroxylation is 2. The summed E-state index contributed by atoms with van der Waals surface area (Å²) >= 11 is 1.32. The first-order valence-corrected chi connectivity index (χ1v) is 12.3. The van der Waals surface area contributed by atoms with E-state index >= 15 is 0 Å². The molecule has 0 saturated heterocycles. The summed E-state index contributed by atoms with van der Waals surface area (Å²) < 4.78 is 17.2. The van der Waals surface area contributed by atoms with E-state index in [0.717, 1.165) is 23.6 Å². The number of nitrogens with one attached hydrogen (secondary N) is 1. The first kappa shape index (κ1) is 24.5. The highest BCUT2D eigenvalue weighted by Gasteiger charge is 2.35. The quantitative estimate of drug-likeness (QED) is 0.389. The number of thioether (sulfide) groups is 1. The lowest BCUT2D eigenvalue weighted by molar-refractivity contribution is -0.114. The number of nitrogens with zero attached hydrogens (tertiary/aromatic N) is 3. The number of hydrogen-bond acceptors (Lipinski definition) is 7. The van der Waals surface area contributed by atoms with E-state index < -0.39 is 5.91 Å². The number of carbonyl (C=O) groups is 1. The minimum absolute atomic E-state index is 0.00905. The predicted octanol–water partition coefficient (Wildman–Crippen LogP) is 5.05. The molecule has 35 heavy (non-hydrogen) atoms. The molecular weight excluding hydrogens is 464 g/mol. The van der Waals surface area contributed by atoms with Gasteiger partial charge in [0.1, 0.15) is 24.0 Å². The third-order valence-corrected chi connectivity index (χ3v) is 6.48. The standard InChI is InChI=1S/C26H28N4O4S/c1-5-17-11-16(3)12-19(13-17)33-9-10-34-21-8-7-18(15-22(21)32-4)14-20-24(27)30-26(28-25(20)31)35-23(6-2)29-30/h7-8,11-15,27H,5-6,9-10H2,1-4H3. The molecule has 0 unspecified atom stereocenters. The van der Waals surface area contributed by atoms with Crippen LogP contribution in [0.4, 0.5) is 0 Å². The second kappa shape index (κ2) is 10.8. The number of fused-ring (bicyclic) bond motifs is 1. The number of methoxy groups -OCH3 is 1. The monoisotopic (exact) mass is 492 g/mol.